The topological polar surface area (TPSA) is 83.5 Å². The Morgan fingerprint density at radius 1 is 0.893 bits per heavy atom. The minimum Gasteiger partial charge on any atom is -0.478 e. The smallest absolute Gasteiger partial charge is 0.335 e. The Morgan fingerprint density at radius 3 is 2.14 bits per heavy atom. The van der Waals surface area contributed by atoms with Crippen molar-refractivity contribution in [3.63, 3.8) is 0 Å². The van der Waals surface area contributed by atoms with E-state index in [0.29, 0.717) is 18.5 Å². The summed E-state index contributed by atoms with van der Waals surface area (Å²) in [6.07, 6.45) is 1.24. The third-order valence-electron chi connectivity index (χ3n) is 4.18. The molecule has 0 aromatic heterocycles. The predicted octanol–water partition coefficient (Wildman–Crippen LogP) is 4.11. The number of carboxylic acids is 1. The van der Waals surface area contributed by atoms with Crippen LogP contribution in [0.25, 0.3) is 0 Å². The summed E-state index contributed by atoms with van der Waals surface area (Å²) in [5.74, 6) is -1.48. The number of benzene rings is 3. The van der Waals surface area contributed by atoms with Crippen molar-refractivity contribution in [1.82, 2.24) is 0 Å². The van der Waals surface area contributed by atoms with Gasteiger partial charge in [0.2, 0.25) is 0 Å². The van der Waals surface area contributed by atoms with Crippen LogP contribution >= 0.6 is 0 Å². The molecule has 5 nitrogen and oxygen atoms in total. The number of anilines is 1. The first kappa shape index (κ1) is 19.6. The van der Waals surface area contributed by atoms with Gasteiger partial charge in [0.25, 0.3) is 10.0 Å². The van der Waals surface area contributed by atoms with Crippen molar-refractivity contribution in [3.05, 3.63) is 95.3 Å². The van der Waals surface area contributed by atoms with Crippen LogP contribution in [-0.4, -0.2) is 19.5 Å². The van der Waals surface area contributed by atoms with Crippen molar-refractivity contribution < 1.29 is 22.7 Å². The maximum absolute atomic E-state index is 13.0. The second-order valence-electron chi connectivity index (χ2n) is 6.27. The fraction of sp³-hybridized carbons (Fsp3) is 0.0952. The number of nitrogens with one attached hydrogen (secondary N) is 1. The second kappa shape index (κ2) is 8.22. The molecule has 0 saturated heterocycles. The maximum Gasteiger partial charge on any atom is 0.335 e. The average molecular weight is 399 g/mol. The fourth-order valence-electron chi connectivity index (χ4n) is 2.77. The zero-order valence-corrected chi connectivity index (χ0v) is 15.6. The van der Waals surface area contributed by atoms with Crippen molar-refractivity contribution in [2.75, 3.05) is 4.72 Å². The van der Waals surface area contributed by atoms with Gasteiger partial charge >= 0.3 is 5.97 Å². The van der Waals surface area contributed by atoms with Crippen LogP contribution in [-0.2, 0) is 22.9 Å². The van der Waals surface area contributed by atoms with E-state index in [1.807, 2.05) is 12.1 Å². The molecule has 3 aromatic rings. The molecule has 0 spiro atoms. The number of aryl methyl sites for hydroxylation is 2. The van der Waals surface area contributed by atoms with E-state index in [1.54, 1.807) is 30.3 Å². The summed E-state index contributed by atoms with van der Waals surface area (Å²) in [5.41, 5.74) is 2.43. The number of hydrogen-bond donors (Lipinski definition) is 2. The van der Waals surface area contributed by atoms with Gasteiger partial charge in [-0.3, -0.25) is 4.72 Å². The summed E-state index contributed by atoms with van der Waals surface area (Å²) in [6, 6.07) is 18.3. The zero-order valence-electron chi connectivity index (χ0n) is 14.8. The molecule has 0 radical (unpaired) electrons. The Morgan fingerprint density at radius 2 is 1.50 bits per heavy atom. The molecule has 0 saturated carbocycles. The molecule has 28 heavy (non-hydrogen) atoms. The lowest BCUT2D eigenvalue weighted by Crippen LogP contribution is -2.13. The lowest BCUT2D eigenvalue weighted by atomic mass is 10.0. The van der Waals surface area contributed by atoms with E-state index in [9.17, 15) is 17.6 Å². The van der Waals surface area contributed by atoms with Gasteiger partial charge in [-0.05, 0) is 72.5 Å². The van der Waals surface area contributed by atoms with E-state index in [-0.39, 0.29) is 10.5 Å². The molecule has 3 rings (SSSR count). The first-order valence-electron chi connectivity index (χ1n) is 8.53. The summed E-state index contributed by atoms with van der Waals surface area (Å²) in [7, 11) is -3.81. The quantitative estimate of drug-likeness (QED) is 0.626. The van der Waals surface area contributed by atoms with Gasteiger partial charge < -0.3 is 5.11 Å². The Balaban J connectivity index is 1.71. The van der Waals surface area contributed by atoms with Crippen molar-refractivity contribution in [1.29, 1.82) is 0 Å². The number of carbonyl (C=O) groups is 1. The van der Waals surface area contributed by atoms with Crippen LogP contribution in [0.1, 0.15) is 21.5 Å². The third kappa shape index (κ3) is 4.95. The molecule has 0 unspecified atom stereocenters. The standard InChI is InChI=1S/C21H18FNO4S/c22-18-9-11-20(12-10-18)28(26,27)23-19-6-2-4-16(14-19)8-7-15-3-1-5-17(13-15)21(24)25/h1-6,9-14,23H,7-8H2,(H,24,25). The van der Waals surface area contributed by atoms with Gasteiger partial charge in [-0.1, -0.05) is 24.3 Å². The largest absolute Gasteiger partial charge is 0.478 e. The molecule has 0 atom stereocenters. The molecule has 0 heterocycles. The lowest BCUT2D eigenvalue weighted by molar-refractivity contribution is 0.0696. The highest BCUT2D eigenvalue weighted by Gasteiger charge is 2.14. The Kier molecular flexibility index (Phi) is 5.75. The predicted molar refractivity (Wildman–Crippen MR) is 104 cm³/mol. The van der Waals surface area contributed by atoms with Gasteiger partial charge in [0, 0.05) is 5.69 Å². The van der Waals surface area contributed by atoms with Gasteiger partial charge in [-0.25, -0.2) is 17.6 Å². The van der Waals surface area contributed by atoms with Gasteiger partial charge in [0.1, 0.15) is 5.82 Å². The second-order valence-corrected chi connectivity index (χ2v) is 7.95. The first-order chi connectivity index (χ1) is 13.3. The third-order valence-corrected chi connectivity index (χ3v) is 5.58. The average Bonchev–Trinajstić information content (AvgIpc) is 2.67. The van der Waals surface area contributed by atoms with Crippen LogP contribution in [0, 0.1) is 5.82 Å². The van der Waals surface area contributed by atoms with Gasteiger partial charge in [-0.2, -0.15) is 0 Å². The first-order valence-corrected chi connectivity index (χ1v) is 10.0. The van der Waals surface area contributed by atoms with Crippen LogP contribution in [0.3, 0.4) is 0 Å². The summed E-state index contributed by atoms with van der Waals surface area (Å²) >= 11 is 0. The van der Waals surface area contributed by atoms with E-state index < -0.39 is 21.8 Å². The van der Waals surface area contributed by atoms with E-state index in [1.165, 1.54) is 18.2 Å². The Hall–Kier alpha value is -3.19. The van der Waals surface area contributed by atoms with Crippen LogP contribution in [0.15, 0.2) is 77.7 Å². The lowest BCUT2D eigenvalue weighted by Gasteiger charge is -2.10. The van der Waals surface area contributed by atoms with Gasteiger partial charge in [0.05, 0.1) is 10.5 Å². The highest BCUT2D eigenvalue weighted by molar-refractivity contribution is 7.92. The molecule has 2 N–H and O–H groups in total. The van der Waals surface area contributed by atoms with E-state index in [0.717, 1.165) is 23.3 Å². The molecule has 7 heteroatoms. The number of sulfonamides is 1. The van der Waals surface area contributed by atoms with E-state index in [4.69, 9.17) is 5.11 Å². The molecule has 0 aliphatic heterocycles. The Labute approximate surface area is 162 Å². The normalized spacial score (nSPS) is 11.2. The van der Waals surface area contributed by atoms with Crippen LogP contribution in [0.4, 0.5) is 10.1 Å². The number of hydrogen-bond acceptors (Lipinski definition) is 3. The van der Waals surface area contributed by atoms with Gasteiger partial charge in [0.15, 0.2) is 0 Å². The van der Waals surface area contributed by atoms with Crippen LogP contribution in [0.2, 0.25) is 0 Å². The molecule has 0 aliphatic rings. The number of carboxylic acid groups (broad SMARTS) is 1. The summed E-state index contributed by atoms with van der Waals surface area (Å²) in [6.45, 7) is 0. The minimum absolute atomic E-state index is 0.0233. The van der Waals surface area contributed by atoms with E-state index in [2.05, 4.69) is 4.72 Å². The zero-order chi connectivity index (χ0) is 20.1. The summed E-state index contributed by atoms with van der Waals surface area (Å²) < 4.78 is 40.3. The highest BCUT2D eigenvalue weighted by atomic mass is 32.2. The maximum atomic E-state index is 13.0. The number of aromatic carboxylic acids is 1. The molecule has 0 bridgehead atoms. The molecular weight excluding hydrogens is 381 g/mol. The van der Waals surface area contributed by atoms with E-state index >= 15 is 0 Å². The van der Waals surface area contributed by atoms with Crippen molar-refractivity contribution >= 4 is 21.7 Å². The molecule has 0 fully saturated rings. The molecule has 0 amide bonds. The van der Waals surface area contributed by atoms with Gasteiger partial charge in [-0.15, -0.1) is 0 Å². The fourth-order valence-corrected chi connectivity index (χ4v) is 3.82. The Bertz CT molecular complexity index is 1100. The minimum atomic E-state index is -3.81. The molecular formula is C21H18FNO4S. The van der Waals surface area contributed by atoms with Crippen molar-refractivity contribution in [3.8, 4) is 0 Å². The molecule has 0 aliphatic carbocycles. The van der Waals surface area contributed by atoms with Crippen molar-refractivity contribution in [2.45, 2.75) is 17.7 Å². The SMILES string of the molecule is O=C(O)c1cccc(CCc2cccc(NS(=O)(=O)c3ccc(F)cc3)c2)c1. The van der Waals surface area contributed by atoms with Crippen LogP contribution in [0.5, 0.6) is 0 Å². The monoisotopic (exact) mass is 399 g/mol. The van der Waals surface area contributed by atoms with Crippen LogP contribution < -0.4 is 4.72 Å². The summed E-state index contributed by atoms with van der Waals surface area (Å²) in [5, 5.41) is 9.06. The number of rotatable bonds is 7. The highest BCUT2D eigenvalue weighted by Crippen LogP contribution is 2.19. The van der Waals surface area contributed by atoms with Crippen molar-refractivity contribution in [2.24, 2.45) is 0 Å². The number of halogens is 1. The molecule has 3 aromatic carbocycles. The summed E-state index contributed by atoms with van der Waals surface area (Å²) in [4.78, 5) is 11.0. The molecule has 144 valence electrons.